The Labute approximate surface area is 151 Å². The minimum absolute atomic E-state index is 0.00592. The number of thioether (sulfide) groups is 1. The number of benzene rings is 1. The van der Waals surface area contributed by atoms with Crippen molar-refractivity contribution < 1.29 is 19.2 Å². The van der Waals surface area contributed by atoms with E-state index in [1.54, 1.807) is 24.0 Å². The van der Waals surface area contributed by atoms with Crippen molar-refractivity contribution in [2.24, 2.45) is 0 Å². The number of hydrogen-bond donors (Lipinski definition) is 0. The molecule has 0 heterocycles. The van der Waals surface area contributed by atoms with Crippen LogP contribution in [0.15, 0.2) is 29.2 Å². The maximum absolute atomic E-state index is 12.4. The third-order valence-electron chi connectivity index (χ3n) is 3.43. The molecule has 8 heteroatoms. The van der Waals surface area contributed by atoms with E-state index in [2.05, 4.69) is 0 Å². The number of nitro groups is 1. The maximum Gasteiger partial charge on any atom is 0.317 e. The molecule has 0 saturated carbocycles. The number of hydrogen-bond acceptors (Lipinski definition) is 6. The zero-order valence-electron chi connectivity index (χ0n) is 15.1. The highest BCUT2D eigenvalue weighted by Gasteiger charge is 2.27. The van der Waals surface area contributed by atoms with Crippen LogP contribution in [-0.4, -0.2) is 45.6 Å². The second kappa shape index (κ2) is 9.41. The molecule has 7 nitrogen and oxygen atoms in total. The summed E-state index contributed by atoms with van der Waals surface area (Å²) in [7, 11) is 0. The first-order chi connectivity index (χ1) is 11.6. The summed E-state index contributed by atoms with van der Waals surface area (Å²) in [6.45, 7) is 9.22. The zero-order valence-corrected chi connectivity index (χ0v) is 15.9. The van der Waals surface area contributed by atoms with Gasteiger partial charge in [0.25, 0.3) is 11.6 Å². The Morgan fingerprint density at radius 1 is 1.12 bits per heavy atom. The van der Waals surface area contributed by atoms with Crippen molar-refractivity contribution in [2.75, 3.05) is 5.75 Å². The fraction of sp³-hybridized carbons (Fsp3) is 0.529. The number of amides is 1. The number of rotatable bonds is 8. The fourth-order valence-electron chi connectivity index (χ4n) is 2.40. The Kier molecular flexibility index (Phi) is 7.89. The predicted molar refractivity (Wildman–Crippen MR) is 96.5 cm³/mol. The summed E-state index contributed by atoms with van der Waals surface area (Å²) in [5, 5.41) is 10.6. The lowest BCUT2D eigenvalue weighted by molar-refractivity contribution is -0.384. The molecule has 0 aliphatic carbocycles. The molecule has 0 bridgehead atoms. The van der Waals surface area contributed by atoms with Gasteiger partial charge < -0.3 is 9.64 Å². The van der Waals surface area contributed by atoms with E-state index in [9.17, 15) is 19.7 Å². The van der Waals surface area contributed by atoms with E-state index in [0.29, 0.717) is 4.90 Å². The molecule has 1 aromatic rings. The minimum Gasteiger partial charge on any atom is -0.452 e. The Bertz CT molecular complexity index is 608. The monoisotopic (exact) mass is 368 g/mol. The molecule has 0 aromatic heterocycles. The van der Waals surface area contributed by atoms with Crippen molar-refractivity contribution >= 4 is 29.3 Å². The van der Waals surface area contributed by atoms with Crippen LogP contribution in [0.1, 0.15) is 34.6 Å². The van der Waals surface area contributed by atoms with Gasteiger partial charge in [0, 0.05) is 29.1 Å². The summed E-state index contributed by atoms with van der Waals surface area (Å²) >= 11 is 1.20. The van der Waals surface area contributed by atoms with Gasteiger partial charge in [-0.25, -0.2) is 0 Å². The summed E-state index contributed by atoms with van der Waals surface area (Å²) in [6, 6.07) is 5.94. The molecule has 0 spiro atoms. The molecule has 25 heavy (non-hydrogen) atoms. The summed E-state index contributed by atoms with van der Waals surface area (Å²) in [6.07, 6.45) is -0.852. The van der Waals surface area contributed by atoms with Gasteiger partial charge in [0.15, 0.2) is 6.10 Å². The van der Waals surface area contributed by atoms with Crippen molar-refractivity contribution in [3.05, 3.63) is 34.4 Å². The van der Waals surface area contributed by atoms with Crippen LogP contribution in [0.4, 0.5) is 5.69 Å². The molecule has 0 aliphatic rings. The van der Waals surface area contributed by atoms with Crippen LogP contribution < -0.4 is 0 Å². The van der Waals surface area contributed by atoms with Gasteiger partial charge in [0.2, 0.25) is 0 Å². The van der Waals surface area contributed by atoms with Crippen LogP contribution in [-0.2, 0) is 14.3 Å². The third-order valence-corrected chi connectivity index (χ3v) is 4.41. The molecule has 138 valence electrons. The Balaban J connectivity index is 2.55. The lowest BCUT2D eigenvalue weighted by Gasteiger charge is -2.32. The van der Waals surface area contributed by atoms with Gasteiger partial charge in [-0.05, 0) is 46.8 Å². The number of non-ortho nitro benzene ring substituents is 1. The highest BCUT2D eigenvalue weighted by Crippen LogP contribution is 2.21. The highest BCUT2D eigenvalue weighted by molar-refractivity contribution is 8.00. The zero-order chi connectivity index (χ0) is 19.1. The molecule has 1 aromatic carbocycles. The molecule has 1 amide bonds. The number of nitro benzene ring substituents is 1. The molecular weight excluding hydrogens is 344 g/mol. The van der Waals surface area contributed by atoms with E-state index in [1.165, 1.54) is 23.9 Å². The van der Waals surface area contributed by atoms with E-state index >= 15 is 0 Å². The third kappa shape index (κ3) is 6.38. The second-order valence-electron chi connectivity index (χ2n) is 6.10. The van der Waals surface area contributed by atoms with Crippen molar-refractivity contribution in [3.63, 3.8) is 0 Å². The lowest BCUT2D eigenvalue weighted by atomic mass is 10.2. The molecule has 0 saturated heterocycles. The normalized spacial score (nSPS) is 12.1. The Morgan fingerprint density at radius 2 is 1.64 bits per heavy atom. The topological polar surface area (TPSA) is 89.8 Å². The first kappa shape index (κ1) is 21.0. The van der Waals surface area contributed by atoms with E-state index in [1.807, 2.05) is 27.7 Å². The SMILES string of the molecule is CC(C)N(C(=O)[C@@H](C)OC(=O)CSc1ccc([N+](=O)[O-])cc1)C(C)C. The summed E-state index contributed by atoms with van der Waals surface area (Å²) in [5.41, 5.74) is -0.00592. The summed E-state index contributed by atoms with van der Waals surface area (Å²) in [4.78, 5) is 36.9. The Morgan fingerprint density at radius 3 is 2.08 bits per heavy atom. The van der Waals surface area contributed by atoms with Crippen molar-refractivity contribution in [1.29, 1.82) is 0 Å². The first-order valence-corrected chi connectivity index (χ1v) is 9.01. The molecular formula is C17H24N2O5S. The number of esters is 1. The number of carbonyl (C=O) groups excluding carboxylic acids is 2. The van der Waals surface area contributed by atoms with E-state index in [0.717, 1.165) is 0 Å². The average molecular weight is 368 g/mol. The fourth-order valence-corrected chi connectivity index (χ4v) is 3.08. The molecule has 0 fully saturated rings. The minimum atomic E-state index is -0.852. The smallest absolute Gasteiger partial charge is 0.317 e. The maximum atomic E-state index is 12.4. The largest absolute Gasteiger partial charge is 0.452 e. The van der Waals surface area contributed by atoms with Crippen molar-refractivity contribution in [3.8, 4) is 0 Å². The van der Waals surface area contributed by atoms with Gasteiger partial charge in [-0.15, -0.1) is 11.8 Å². The Hall–Kier alpha value is -2.09. The molecule has 0 aliphatic heterocycles. The van der Waals surface area contributed by atoms with Crippen LogP contribution in [0.5, 0.6) is 0 Å². The lowest BCUT2D eigenvalue weighted by Crippen LogP contribution is -2.47. The van der Waals surface area contributed by atoms with Gasteiger partial charge >= 0.3 is 5.97 Å². The standard InChI is InChI=1S/C17H24N2O5S/c1-11(2)18(12(3)4)17(21)13(5)24-16(20)10-25-15-8-6-14(7-9-15)19(22)23/h6-9,11-13H,10H2,1-5H3/t13-/m1/s1. The van der Waals surface area contributed by atoms with Gasteiger partial charge in [0.05, 0.1) is 10.7 Å². The summed E-state index contributed by atoms with van der Waals surface area (Å²) in [5.74, 6) is -0.700. The van der Waals surface area contributed by atoms with E-state index in [4.69, 9.17) is 4.74 Å². The second-order valence-corrected chi connectivity index (χ2v) is 7.15. The van der Waals surface area contributed by atoms with Crippen LogP contribution in [0, 0.1) is 10.1 Å². The molecule has 1 atom stereocenters. The van der Waals surface area contributed by atoms with Crippen molar-refractivity contribution in [2.45, 2.75) is 57.7 Å². The average Bonchev–Trinajstić information content (AvgIpc) is 2.52. The van der Waals surface area contributed by atoms with E-state index in [-0.39, 0.29) is 29.4 Å². The van der Waals surface area contributed by atoms with Gasteiger partial charge in [-0.2, -0.15) is 0 Å². The van der Waals surface area contributed by atoms with Crippen molar-refractivity contribution in [1.82, 2.24) is 4.90 Å². The number of nitrogens with zero attached hydrogens (tertiary/aromatic N) is 2. The first-order valence-electron chi connectivity index (χ1n) is 8.02. The predicted octanol–water partition coefficient (Wildman–Crippen LogP) is 3.26. The van der Waals surface area contributed by atoms with Crippen LogP contribution in [0.2, 0.25) is 0 Å². The van der Waals surface area contributed by atoms with Crippen LogP contribution in [0.25, 0.3) is 0 Å². The van der Waals surface area contributed by atoms with Gasteiger partial charge in [-0.3, -0.25) is 19.7 Å². The van der Waals surface area contributed by atoms with Gasteiger partial charge in [0.1, 0.15) is 0 Å². The van der Waals surface area contributed by atoms with Crippen LogP contribution in [0.3, 0.4) is 0 Å². The molecule has 0 unspecified atom stereocenters. The van der Waals surface area contributed by atoms with E-state index < -0.39 is 17.0 Å². The molecule has 1 rings (SSSR count). The highest BCUT2D eigenvalue weighted by atomic mass is 32.2. The molecule has 0 radical (unpaired) electrons. The number of carbonyl (C=O) groups is 2. The number of ether oxygens (including phenoxy) is 1. The van der Waals surface area contributed by atoms with Crippen LogP contribution >= 0.6 is 11.8 Å². The van der Waals surface area contributed by atoms with Gasteiger partial charge in [-0.1, -0.05) is 0 Å². The quantitative estimate of drug-likeness (QED) is 0.303. The summed E-state index contributed by atoms with van der Waals surface area (Å²) < 4.78 is 5.22. The molecule has 0 N–H and O–H groups in total.